The fraction of sp³-hybridized carbons (Fsp3) is 0.250. The van der Waals surface area contributed by atoms with Crippen molar-refractivity contribution in [3.63, 3.8) is 0 Å². The van der Waals surface area contributed by atoms with Crippen LogP contribution in [0.25, 0.3) is 0 Å². The summed E-state index contributed by atoms with van der Waals surface area (Å²) in [6, 6.07) is 19.8. The van der Waals surface area contributed by atoms with Crippen molar-refractivity contribution in [2.24, 2.45) is 0 Å². The molecule has 1 atom stereocenters. The molecule has 0 bridgehead atoms. The summed E-state index contributed by atoms with van der Waals surface area (Å²) in [5.74, 6) is 0.198. The molecule has 5 nitrogen and oxygen atoms in total. The Kier molecular flexibility index (Phi) is 7.38. The van der Waals surface area contributed by atoms with Gasteiger partial charge in [-0.3, -0.25) is 9.59 Å². The normalized spacial score (nSPS) is 11.9. The van der Waals surface area contributed by atoms with Gasteiger partial charge in [0.05, 0.1) is 4.88 Å². The van der Waals surface area contributed by atoms with Gasteiger partial charge < -0.3 is 16.0 Å². The third-order valence-corrected chi connectivity index (χ3v) is 5.94. The molecule has 0 saturated carbocycles. The van der Waals surface area contributed by atoms with Gasteiger partial charge in [0.1, 0.15) is 6.04 Å². The molecule has 4 N–H and O–H groups in total. The minimum Gasteiger partial charge on any atom is -0.355 e. The zero-order valence-corrected chi connectivity index (χ0v) is 18.3. The Hall–Kier alpha value is -2.96. The molecule has 0 aliphatic carbocycles. The average Bonchev–Trinajstić information content (AvgIpc) is 3.28. The summed E-state index contributed by atoms with van der Waals surface area (Å²) < 4.78 is 0. The summed E-state index contributed by atoms with van der Waals surface area (Å²) in [5, 5.41) is 9.59. The van der Waals surface area contributed by atoms with E-state index in [0.29, 0.717) is 17.2 Å². The summed E-state index contributed by atoms with van der Waals surface area (Å²) in [6.07, 6.45) is 0. The van der Waals surface area contributed by atoms with Gasteiger partial charge >= 0.3 is 0 Å². The van der Waals surface area contributed by atoms with Crippen LogP contribution in [0.3, 0.4) is 0 Å². The number of carbonyl (C=O) groups is 2. The van der Waals surface area contributed by atoms with Crippen molar-refractivity contribution in [3.8, 4) is 0 Å². The standard InChI is InChI=1S/C24H27N3O2S/c1-16(2)17-9-11-18(12-10-17)23(21-8-5-13-30-21)26-15-22(28)27-20-7-4-6-19(14-20)24(29)25-3/h4-14,16,23,26H,15H2,1-3H3,(H,25,29)(H,27,28)/p+1/t23-/m1/s1. The number of benzene rings is 2. The maximum Gasteiger partial charge on any atom is 0.279 e. The van der Waals surface area contributed by atoms with E-state index in [1.807, 2.05) is 11.4 Å². The molecule has 0 radical (unpaired) electrons. The molecular weight excluding hydrogens is 394 g/mol. The predicted octanol–water partition coefficient (Wildman–Crippen LogP) is 3.52. The Morgan fingerprint density at radius 1 is 1.00 bits per heavy atom. The smallest absolute Gasteiger partial charge is 0.279 e. The number of quaternary nitrogens is 1. The lowest BCUT2D eigenvalue weighted by atomic mass is 9.98. The van der Waals surface area contributed by atoms with E-state index in [1.165, 1.54) is 16.0 Å². The molecule has 156 valence electrons. The van der Waals surface area contributed by atoms with Crippen LogP contribution < -0.4 is 16.0 Å². The van der Waals surface area contributed by atoms with Crippen molar-refractivity contribution in [1.29, 1.82) is 0 Å². The van der Waals surface area contributed by atoms with Crippen LogP contribution in [0.5, 0.6) is 0 Å². The highest BCUT2D eigenvalue weighted by Gasteiger charge is 2.20. The molecule has 6 heteroatoms. The Balaban J connectivity index is 1.69. The molecule has 2 amide bonds. The summed E-state index contributed by atoms with van der Waals surface area (Å²) in [5.41, 5.74) is 3.61. The monoisotopic (exact) mass is 422 g/mol. The Bertz CT molecular complexity index is 982. The van der Waals surface area contributed by atoms with Gasteiger partial charge in [0.25, 0.3) is 11.8 Å². The summed E-state index contributed by atoms with van der Waals surface area (Å²) >= 11 is 1.69. The van der Waals surface area contributed by atoms with Gasteiger partial charge in [-0.15, -0.1) is 11.3 Å². The van der Waals surface area contributed by atoms with Crippen LogP contribution in [0.1, 0.15) is 52.2 Å². The van der Waals surface area contributed by atoms with E-state index >= 15 is 0 Å². The molecule has 0 spiro atoms. The SMILES string of the molecule is CNC(=O)c1cccc(NC(=O)C[NH2+][C@H](c2ccc(C(C)C)cc2)c2cccs2)c1. The van der Waals surface area contributed by atoms with Crippen molar-refractivity contribution in [1.82, 2.24) is 5.32 Å². The molecule has 30 heavy (non-hydrogen) atoms. The number of hydrogen-bond donors (Lipinski definition) is 3. The molecule has 0 saturated heterocycles. The van der Waals surface area contributed by atoms with E-state index in [-0.39, 0.29) is 24.4 Å². The second kappa shape index (κ2) is 10.2. The van der Waals surface area contributed by atoms with Gasteiger partial charge in [-0.05, 0) is 41.1 Å². The number of thiophene rings is 1. The third-order valence-electron chi connectivity index (χ3n) is 4.99. The van der Waals surface area contributed by atoms with Gasteiger partial charge in [0, 0.05) is 23.9 Å². The number of nitrogens with one attached hydrogen (secondary N) is 2. The van der Waals surface area contributed by atoms with E-state index in [9.17, 15) is 9.59 Å². The first-order chi connectivity index (χ1) is 14.5. The van der Waals surface area contributed by atoms with Crippen LogP contribution in [-0.2, 0) is 4.79 Å². The van der Waals surface area contributed by atoms with E-state index in [0.717, 1.165) is 0 Å². The Morgan fingerprint density at radius 2 is 1.73 bits per heavy atom. The van der Waals surface area contributed by atoms with Crippen molar-refractivity contribution < 1.29 is 14.9 Å². The van der Waals surface area contributed by atoms with Crippen LogP contribution in [0.2, 0.25) is 0 Å². The first-order valence-electron chi connectivity index (χ1n) is 10.1. The number of rotatable bonds is 8. The molecule has 3 rings (SSSR count). The van der Waals surface area contributed by atoms with Gasteiger partial charge in [-0.2, -0.15) is 0 Å². The maximum absolute atomic E-state index is 12.6. The highest BCUT2D eigenvalue weighted by molar-refractivity contribution is 7.10. The van der Waals surface area contributed by atoms with Crippen LogP contribution in [-0.4, -0.2) is 25.4 Å². The number of hydrogen-bond acceptors (Lipinski definition) is 3. The molecule has 0 unspecified atom stereocenters. The molecule has 1 aromatic heterocycles. The summed E-state index contributed by atoms with van der Waals surface area (Å²) in [4.78, 5) is 25.6. The number of anilines is 1. The first-order valence-corrected chi connectivity index (χ1v) is 10.9. The molecule has 0 aliphatic rings. The topological polar surface area (TPSA) is 74.8 Å². The van der Waals surface area contributed by atoms with Gasteiger partial charge in [0.2, 0.25) is 0 Å². The van der Waals surface area contributed by atoms with Crippen LogP contribution in [0.4, 0.5) is 5.69 Å². The molecule has 0 fully saturated rings. The highest BCUT2D eigenvalue weighted by atomic mass is 32.1. The van der Waals surface area contributed by atoms with Gasteiger partial charge in [-0.25, -0.2) is 0 Å². The number of amides is 2. The molecule has 2 aromatic carbocycles. The lowest BCUT2D eigenvalue weighted by Crippen LogP contribution is -2.87. The van der Waals surface area contributed by atoms with Gasteiger partial charge in [0.15, 0.2) is 6.54 Å². The van der Waals surface area contributed by atoms with Crippen molar-refractivity contribution in [2.45, 2.75) is 25.8 Å². The lowest BCUT2D eigenvalue weighted by molar-refractivity contribution is -0.675. The summed E-state index contributed by atoms with van der Waals surface area (Å²) in [7, 11) is 1.58. The second-order valence-electron chi connectivity index (χ2n) is 7.46. The molecular formula is C24H28N3O2S+. The first kappa shape index (κ1) is 21.7. The maximum atomic E-state index is 12.6. The second-order valence-corrected chi connectivity index (χ2v) is 8.44. The van der Waals surface area contributed by atoms with Crippen molar-refractivity contribution >= 4 is 28.8 Å². The minimum atomic E-state index is -0.180. The third kappa shape index (κ3) is 5.55. The van der Waals surface area contributed by atoms with Crippen LogP contribution in [0.15, 0.2) is 66.0 Å². The van der Waals surface area contributed by atoms with E-state index in [2.05, 4.69) is 60.2 Å². The van der Waals surface area contributed by atoms with E-state index < -0.39 is 0 Å². The Morgan fingerprint density at radius 3 is 2.37 bits per heavy atom. The van der Waals surface area contributed by atoms with Crippen molar-refractivity contribution in [2.75, 3.05) is 18.9 Å². The van der Waals surface area contributed by atoms with E-state index in [4.69, 9.17) is 0 Å². The number of nitrogens with two attached hydrogens (primary N) is 1. The average molecular weight is 423 g/mol. The van der Waals surface area contributed by atoms with Crippen LogP contribution >= 0.6 is 11.3 Å². The van der Waals surface area contributed by atoms with Crippen LogP contribution in [0, 0.1) is 0 Å². The van der Waals surface area contributed by atoms with Gasteiger partial charge in [-0.1, -0.05) is 50.2 Å². The largest absolute Gasteiger partial charge is 0.355 e. The zero-order chi connectivity index (χ0) is 21.5. The fourth-order valence-corrected chi connectivity index (χ4v) is 4.14. The molecule has 3 aromatic rings. The quantitative estimate of drug-likeness (QED) is 0.520. The zero-order valence-electron chi connectivity index (χ0n) is 17.5. The minimum absolute atomic E-state index is 0.0640. The molecule has 1 heterocycles. The number of carbonyl (C=O) groups excluding carboxylic acids is 2. The van der Waals surface area contributed by atoms with E-state index in [1.54, 1.807) is 42.6 Å². The Labute approximate surface area is 181 Å². The molecule has 0 aliphatic heterocycles. The van der Waals surface area contributed by atoms with Crippen molar-refractivity contribution in [3.05, 3.63) is 87.6 Å². The lowest BCUT2D eigenvalue weighted by Gasteiger charge is -2.16. The predicted molar refractivity (Wildman–Crippen MR) is 122 cm³/mol. The summed E-state index contributed by atoms with van der Waals surface area (Å²) in [6.45, 7) is 4.64. The fourth-order valence-electron chi connectivity index (χ4n) is 3.29. The highest BCUT2D eigenvalue weighted by Crippen LogP contribution is 2.24.